The highest BCUT2D eigenvalue weighted by Gasteiger charge is 2.01. The first-order valence-electron chi connectivity index (χ1n) is 7.71. The predicted octanol–water partition coefficient (Wildman–Crippen LogP) is 2.59. The number of aromatic carboxylic acids is 1. The van der Waals surface area contributed by atoms with Crippen LogP contribution in [0.15, 0.2) is 66.7 Å². The van der Waals surface area contributed by atoms with Gasteiger partial charge in [0.05, 0.1) is 11.7 Å². The summed E-state index contributed by atoms with van der Waals surface area (Å²) in [5.41, 5.74) is 2.33. The van der Waals surface area contributed by atoms with Gasteiger partial charge in [0.2, 0.25) is 0 Å². The summed E-state index contributed by atoms with van der Waals surface area (Å²) in [7, 11) is 0. The molecular weight excluding hydrogens is 316 g/mol. The minimum atomic E-state index is -1.34. The van der Waals surface area contributed by atoms with Gasteiger partial charge >= 0.3 is 0 Å². The number of carboxylic acid groups (broad SMARTS) is 1. The molecule has 1 aromatic heterocycles. The van der Waals surface area contributed by atoms with Gasteiger partial charge < -0.3 is 14.6 Å². The van der Waals surface area contributed by atoms with E-state index in [9.17, 15) is 9.90 Å². The van der Waals surface area contributed by atoms with E-state index in [1.165, 1.54) is 6.07 Å². The van der Waals surface area contributed by atoms with E-state index in [0.717, 1.165) is 16.9 Å². The predicted molar refractivity (Wildman–Crippen MR) is 92.5 cm³/mol. The summed E-state index contributed by atoms with van der Waals surface area (Å²) < 4.78 is 5.89. The molecule has 0 radical (unpaired) electrons. The monoisotopic (exact) mass is 331 g/mol. The van der Waals surface area contributed by atoms with E-state index in [2.05, 4.69) is 10.2 Å². The zero-order valence-corrected chi connectivity index (χ0v) is 13.3. The second-order valence-corrected chi connectivity index (χ2v) is 5.28. The van der Waals surface area contributed by atoms with E-state index in [0.29, 0.717) is 12.3 Å². The van der Waals surface area contributed by atoms with Crippen molar-refractivity contribution in [2.45, 2.75) is 6.61 Å². The highest BCUT2D eigenvalue weighted by Crippen LogP contribution is 2.21. The summed E-state index contributed by atoms with van der Waals surface area (Å²) in [6.45, 7) is 0.478. The zero-order valence-electron chi connectivity index (χ0n) is 13.3. The average Bonchev–Trinajstić information content (AvgIpc) is 2.66. The lowest BCUT2D eigenvalue weighted by atomic mass is 10.1. The molecule has 0 fully saturated rings. The quantitative estimate of drug-likeness (QED) is 0.694. The fraction of sp³-hybridized carbons (Fsp3) is 0.0500. The number of rotatable bonds is 6. The Morgan fingerprint density at radius 3 is 2.40 bits per heavy atom. The standard InChI is InChI=1S/C20H16N2O3/c23-20(24)18-13-12-17(21-22-18)11-10-16-8-4-5-9-19(16)25-14-15-6-2-1-3-7-15/h1-13H,14H2,(H,23,24)/p-1/b11-10+. The Bertz CT molecular complexity index is 875. The molecule has 25 heavy (non-hydrogen) atoms. The molecule has 1 heterocycles. The molecule has 0 aliphatic rings. The summed E-state index contributed by atoms with van der Waals surface area (Å²) >= 11 is 0. The molecule has 0 saturated carbocycles. The Kier molecular flexibility index (Phi) is 5.16. The second kappa shape index (κ2) is 7.88. The number of para-hydroxylation sites is 1. The third kappa shape index (κ3) is 4.51. The molecule has 5 heteroatoms. The number of aromatic nitrogens is 2. The number of carbonyl (C=O) groups is 1. The Balaban J connectivity index is 1.73. The minimum absolute atomic E-state index is 0.191. The maximum atomic E-state index is 10.7. The Labute approximate surface area is 145 Å². The Morgan fingerprint density at radius 2 is 1.68 bits per heavy atom. The average molecular weight is 331 g/mol. The van der Waals surface area contributed by atoms with Gasteiger partial charge in [-0.25, -0.2) is 0 Å². The normalized spacial score (nSPS) is 10.7. The van der Waals surface area contributed by atoms with Crippen LogP contribution in [0.5, 0.6) is 5.75 Å². The molecule has 0 saturated heterocycles. The van der Waals surface area contributed by atoms with Crippen molar-refractivity contribution < 1.29 is 14.6 Å². The van der Waals surface area contributed by atoms with Crippen molar-refractivity contribution in [1.82, 2.24) is 10.2 Å². The first-order valence-corrected chi connectivity index (χ1v) is 7.71. The van der Waals surface area contributed by atoms with Crippen molar-refractivity contribution in [3.05, 3.63) is 89.2 Å². The largest absolute Gasteiger partial charge is 0.543 e. The molecule has 0 unspecified atom stereocenters. The van der Waals surface area contributed by atoms with Crippen LogP contribution in [0.25, 0.3) is 12.2 Å². The Hall–Kier alpha value is -3.47. The molecule has 0 aliphatic carbocycles. The summed E-state index contributed by atoms with van der Waals surface area (Å²) in [4.78, 5) is 10.7. The molecule has 2 aromatic carbocycles. The third-order valence-electron chi connectivity index (χ3n) is 3.48. The van der Waals surface area contributed by atoms with Crippen molar-refractivity contribution in [2.24, 2.45) is 0 Å². The van der Waals surface area contributed by atoms with Gasteiger partial charge in [-0.1, -0.05) is 48.5 Å². The van der Waals surface area contributed by atoms with Gasteiger partial charge in [-0.05, 0) is 35.9 Å². The maximum absolute atomic E-state index is 10.7. The molecule has 124 valence electrons. The van der Waals surface area contributed by atoms with Crippen molar-refractivity contribution in [1.29, 1.82) is 0 Å². The number of nitrogens with zero attached hydrogens (tertiary/aromatic N) is 2. The summed E-state index contributed by atoms with van der Waals surface area (Å²) in [5, 5.41) is 18.1. The van der Waals surface area contributed by atoms with Crippen LogP contribution in [-0.2, 0) is 6.61 Å². The highest BCUT2D eigenvalue weighted by molar-refractivity contribution is 5.83. The van der Waals surface area contributed by atoms with Crippen LogP contribution in [0, 0.1) is 0 Å². The van der Waals surface area contributed by atoms with Gasteiger partial charge in [-0.2, -0.15) is 5.10 Å². The minimum Gasteiger partial charge on any atom is -0.543 e. The van der Waals surface area contributed by atoms with E-state index in [1.54, 1.807) is 12.1 Å². The van der Waals surface area contributed by atoms with Crippen LogP contribution in [0.3, 0.4) is 0 Å². The van der Waals surface area contributed by atoms with Gasteiger partial charge in [-0.15, -0.1) is 5.10 Å². The fourth-order valence-corrected chi connectivity index (χ4v) is 2.20. The number of ether oxygens (including phenoxy) is 1. The van der Waals surface area contributed by atoms with Crippen LogP contribution < -0.4 is 9.84 Å². The van der Waals surface area contributed by atoms with Crippen LogP contribution in [0.4, 0.5) is 0 Å². The molecule has 0 N–H and O–H groups in total. The van der Waals surface area contributed by atoms with Crippen molar-refractivity contribution in [3.63, 3.8) is 0 Å². The summed E-state index contributed by atoms with van der Waals surface area (Å²) in [5.74, 6) is -0.593. The van der Waals surface area contributed by atoms with Crippen molar-refractivity contribution in [2.75, 3.05) is 0 Å². The number of carboxylic acids is 1. The number of hydrogen-bond donors (Lipinski definition) is 0. The molecule has 0 spiro atoms. The Morgan fingerprint density at radius 1 is 0.920 bits per heavy atom. The van der Waals surface area contributed by atoms with Gasteiger partial charge in [0.25, 0.3) is 0 Å². The van der Waals surface area contributed by atoms with E-state index >= 15 is 0 Å². The number of carbonyl (C=O) groups excluding carboxylic acids is 1. The molecule has 5 nitrogen and oxygen atoms in total. The molecule has 0 amide bonds. The number of benzene rings is 2. The molecule has 0 atom stereocenters. The van der Waals surface area contributed by atoms with Crippen LogP contribution in [0.2, 0.25) is 0 Å². The van der Waals surface area contributed by atoms with Gasteiger partial charge in [0.1, 0.15) is 18.1 Å². The van der Waals surface area contributed by atoms with Gasteiger partial charge in [-0.3, -0.25) is 0 Å². The lowest BCUT2D eigenvalue weighted by Crippen LogP contribution is -2.23. The molecule has 0 aliphatic heterocycles. The van der Waals surface area contributed by atoms with Gasteiger partial charge in [0, 0.05) is 5.56 Å². The topological polar surface area (TPSA) is 75.1 Å². The van der Waals surface area contributed by atoms with Gasteiger partial charge in [0.15, 0.2) is 0 Å². The van der Waals surface area contributed by atoms with E-state index in [4.69, 9.17) is 4.74 Å². The third-order valence-corrected chi connectivity index (χ3v) is 3.48. The SMILES string of the molecule is O=C([O-])c1ccc(/C=C/c2ccccc2OCc2ccccc2)nn1. The molecule has 3 aromatic rings. The second-order valence-electron chi connectivity index (χ2n) is 5.28. The highest BCUT2D eigenvalue weighted by atomic mass is 16.5. The smallest absolute Gasteiger partial charge is 0.127 e. The summed E-state index contributed by atoms with van der Waals surface area (Å²) in [6.07, 6.45) is 3.60. The van der Waals surface area contributed by atoms with E-state index in [1.807, 2.05) is 60.7 Å². The first-order chi connectivity index (χ1) is 12.2. The first kappa shape index (κ1) is 16.4. The molecular formula is C20H15N2O3-. The van der Waals surface area contributed by atoms with Crippen molar-refractivity contribution >= 4 is 18.1 Å². The zero-order chi connectivity index (χ0) is 17.5. The fourth-order valence-electron chi connectivity index (χ4n) is 2.20. The van der Waals surface area contributed by atoms with Crippen LogP contribution in [-0.4, -0.2) is 16.2 Å². The molecule has 3 rings (SSSR count). The van der Waals surface area contributed by atoms with E-state index < -0.39 is 5.97 Å². The molecule has 0 bridgehead atoms. The maximum Gasteiger partial charge on any atom is 0.127 e. The lowest BCUT2D eigenvalue weighted by Gasteiger charge is -2.09. The lowest BCUT2D eigenvalue weighted by molar-refractivity contribution is -0.255. The summed E-state index contributed by atoms with van der Waals surface area (Å²) in [6, 6.07) is 20.5. The van der Waals surface area contributed by atoms with E-state index in [-0.39, 0.29) is 5.69 Å². The van der Waals surface area contributed by atoms with Crippen LogP contribution in [0.1, 0.15) is 27.3 Å². The van der Waals surface area contributed by atoms with Crippen molar-refractivity contribution in [3.8, 4) is 5.75 Å². The number of hydrogen-bond acceptors (Lipinski definition) is 5. The van der Waals surface area contributed by atoms with Crippen LogP contribution >= 0.6 is 0 Å².